The number of carbonyl (C=O) groups is 2. The van der Waals surface area contributed by atoms with Crippen LogP contribution in [0.5, 0.6) is 5.75 Å². The van der Waals surface area contributed by atoms with Crippen LogP contribution in [0.2, 0.25) is 0 Å². The Labute approximate surface area is 181 Å². The van der Waals surface area contributed by atoms with Crippen molar-refractivity contribution in [2.45, 2.75) is 46.7 Å². The fourth-order valence-electron chi connectivity index (χ4n) is 2.98. The number of benzene rings is 2. The van der Waals surface area contributed by atoms with E-state index in [9.17, 15) is 9.59 Å². The minimum Gasteiger partial charge on any atom is -0.484 e. The molecule has 6 heteroatoms. The molecule has 0 aliphatic carbocycles. The van der Waals surface area contributed by atoms with Crippen molar-refractivity contribution in [3.05, 3.63) is 63.6 Å². The molecule has 0 aliphatic heterocycles. The van der Waals surface area contributed by atoms with Crippen LogP contribution >= 0.6 is 15.9 Å². The average molecular weight is 461 g/mol. The SMILES string of the molecule is CCCNC(=O)[C@H](C)N(Cc1ccccc1)C(=O)COc1cc(C)c(Br)c(C)c1. The average Bonchev–Trinajstić information content (AvgIpc) is 2.72. The lowest BCUT2D eigenvalue weighted by molar-refractivity contribution is -0.142. The first kappa shape index (κ1) is 22.9. The van der Waals surface area contributed by atoms with Crippen molar-refractivity contribution in [2.75, 3.05) is 13.2 Å². The third kappa shape index (κ3) is 6.60. The van der Waals surface area contributed by atoms with Gasteiger partial charge in [0.15, 0.2) is 6.61 Å². The summed E-state index contributed by atoms with van der Waals surface area (Å²) in [6.45, 7) is 8.51. The summed E-state index contributed by atoms with van der Waals surface area (Å²) in [5, 5.41) is 2.87. The highest BCUT2D eigenvalue weighted by atomic mass is 79.9. The zero-order chi connectivity index (χ0) is 21.4. The lowest BCUT2D eigenvalue weighted by Crippen LogP contribution is -2.49. The molecule has 2 rings (SSSR count). The highest BCUT2D eigenvalue weighted by Crippen LogP contribution is 2.26. The van der Waals surface area contributed by atoms with Crippen LogP contribution in [-0.2, 0) is 16.1 Å². The van der Waals surface area contributed by atoms with Crippen LogP contribution in [-0.4, -0.2) is 35.9 Å². The summed E-state index contributed by atoms with van der Waals surface area (Å²) in [5.41, 5.74) is 3.05. The molecule has 0 fully saturated rings. The van der Waals surface area contributed by atoms with Crippen molar-refractivity contribution in [2.24, 2.45) is 0 Å². The molecule has 0 saturated heterocycles. The van der Waals surface area contributed by atoms with E-state index in [2.05, 4.69) is 21.2 Å². The molecule has 0 radical (unpaired) electrons. The number of nitrogens with zero attached hydrogens (tertiary/aromatic N) is 1. The van der Waals surface area contributed by atoms with Crippen molar-refractivity contribution in [3.8, 4) is 5.75 Å². The first-order valence-corrected chi connectivity index (χ1v) is 10.6. The molecule has 0 heterocycles. The van der Waals surface area contributed by atoms with E-state index in [0.717, 1.165) is 27.6 Å². The lowest BCUT2D eigenvalue weighted by atomic mass is 10.1. The lowest BCUT2D eigenvalue weighted by Gasteiger charge is -2.28. The van der Waals surface area contributed by atoms with E-state index in [1.165, 1.54) is 0 Å². The molecule has 0 aliphatic rings. The Morgan fingerprint density at radius 3 is 2.34 bits per heavy atom. The first-order chi connectivity index (χ1) is 13.8. The molecule has 1 atom stereocenters. The maximum absolute atomic E-state index is 13.0. The van der Waals surface area contributed by atoms with Gasteiger partial charge in [-0.3, -0.25) is 9.59 Å². The van der Waals surface area contributed by atoms with Gasteiger partial charge in [-0.15, -0.1) is 0 Å². The molecule has 5 nitrogen and oxygen atoms in total. The third-order valence-corrected chi connectivity index (χ3v) is 5.94. The van der Waals surface area contributed by atoms with Crippen LogP contribution in [0.25, 0.3) is 0 Å². The van der Waals surface area contributed by atoms with Crippen molar-refractivity contribution in [3.63, 3.8) is 0 Å². The van der Waals surface area contributed by atoms with Gasteiger partial charge in [0, 0.05) is 17.6 Å². The van der Waals surface area contributed by atoms with Gasteiger partial charge in [-0.05, 0) is 56.0 Å². The van der Waals surface area contributed by atoms with E-state index in [1.54, 1.807) is 11.8 Å². The van der Waals surface area contributed by atoms with Gasteiger partial charge in [-0.1, -0.05) is 53.2 Å². The second kappa shape index (κ2) is 11.0. The summed E-state index contributed by atoms with van der Waals surface area (Å²) in [6, 6.07) is 12.8. The largest absolute Gasteiger partial charge is 0.484 e. The van der Waals surface area contributed by atoms with Crippen molar-refractivity contribution in [1.82, 2.24) is 10.2 Å². The number of amides is 2. The Kier molecular flexibility index (Phi) is 8.70. The van der Waals surface area contributed by atoms with Crippen LogP contribution < -0.4 is 10.1 Å². The van der Waals surface area contributed by atoms with E-state index >= 15 is 0 Å². The van der Waals surface area contributed by atoms with Gasteiger partial charge >= 0.3 is 0 Å². The molecule has 29 heavy (non-hydrogen) atoms. The van der Waals surface area contributed by atoms with E-state index in [-0.39, 0.29) is 18.4 Å². The summed E-state index contributed by atoms with van der Waals surface area (Å²) in [6.07, 6.45) is 0.844. The van der Waals surface area contributed by atoms with Crippen LogP contribution in [0, 0.1) is 13.8 Å². The third-order valence-electron chi connectivity index (χ3n) is 4.68. The fourth-order valence-corrected chi connectivity index (χ4v) is 3.21. The minimum absolute atomic E-state index is 0.126. The minimum atomic E-state index is -0.591. The molecule has 0 aromatic heterocycles. The van der Waals surface area contributed by atoms with Crippen molar-refractivity contribution < 1.29 is 14.3 Å². The number of nitrogens with one attached hydrogen (secondary N) is 1. The summed E-state index contributed by atoms with van der Waals surface area (Å²) >= 11 is 3.53. The van der Waals surface area contributed by atoms with E-state index in [0.29, 0.717) is 18.8 Å². The van der Waals surface area contributed by atoms with E-state index in [4.69, 9.17) is 4.74 Å². The highest BCUT2D eigenvalue weighted by Gasteiger charge is 2.26. The molecule has 156 valence electrons. The second-order valence-electron chi connectivity index (χ2n) is 7.13. The topological polar surface area (TPSA) is 58.6 Å². The predicted molar refractivity (Wildman–Crippen MR) is 119 cm³/mol. The smallest absolute Gasteiger partial charge is 0.261 e. The van der Waals surface area contributed by atoms with Gasteiger partial charge in [0.05, 0.1) is 0 Å². The van der Waals surface area contributed by atoms with Gasteiger partial charge in [0.2, 0.25) is 5.91 Å². The number of carbonyl (C=O) groups excluding carboxylic acids is 2. The molecule has 2 aromatic rings. The Morgan fingerprint density at radius 2 is 1.76 bits per heavy atom. The van der Waals surface area contributed by atoms with Gasteiger partial charge in [-0.2, -0.15) is 0 Å². The number of aryl methyl sites for hydroxylation is 2. The Hall–Kier alpha value is -2.34. The molecule has 1 N–H and O–H groups in total. The summed E-state index contributed by atoms with van der Waals surface area (Å²) in [7, 11) is 0. The number of hydrogen-bond donors (Lipinski definition) is 1. The number of halogens is 1. The maximum atomic E-state index is 13.0. The Morgan fingerprint density at radius 1 is 1.14 bits per heavy atom. The summed E-state index contributed by atoms with van der Waals surface area (Å²) in [4.78, 5) is 27.0. The van der Waals surface area contributed by atoms with Crippen LogP contribution in [0.4, 0.5) is 0 Å². The number of ether oxygens (including phenoxy) is 1. The van der Waals surface area contributed by atoms with Gasteiger partial charge < -0.3 is 15.0 Å². The molecule has 0 bridgehead atoms. The zero-order valence-electron chi connectivity index (χ0n) is 17.5. The first-order valence-electron chi connectivity index (χ1n) is 9.84. The fraction of sp³-hybridized carbons (Fsp3) is 0.391. The molecule has 2 amide bonds. The summed E-state index contributed by atoms with van der Waals surface area (Å²) < 4.78 is 6.80. The predicted octanol–water partition coefficient (Wildman–Crippen LogP) is 4.39. The molecule has 2 aromatic carbocycles. The monoisotopic (exact) mass is 460 g/mol. The Bertz CT molecular complexity index is 816. The van der Waals surface area contributed by atoms with Gasteiger partial charge in [-0.25, -0.2) is 0 Å². The van der Waals surface area contributed by atoms with Crippen molar-refractivity contribution in [1.29, 1.82) is 0 Å². The molecule has 0 unspecified atom stereocenters. The zero-order valence-corrected chi connectivity index (χ0v) is 19.1. The van der Waals surface area contributed by atoms with E-state index < -0.39 is 6.04 Å². The van der Waals surface area contributed by atoms with Crippen molar-refractivity contribution >= 4 is 27.7 Å². The van der Waals surface area contributed by atoms with Crippen LogP contribution in [0.3, 0.4) is 0 Å². The van der Waals surface area contributed by atoms with E-state index in [1.807, 2.05) is 63.2 Å². The maximum Gasteiger partial charge on any atom is 0.261 e. The molecule has 0 saturated carbocycles. The highest BCUT2D eigenvalue weighted by molar-refractivity contribution is 9.10. The second-order valence-corrected chi connectivity index (χ2v) is 7.93. The summed E-state index contributed by atoms with van der Waals surface area (Å²) in [5.74, 6) is 0.247. The van der Waals surface area contributed by atoms with Gasteiger partial charge in [0.25, 0.3) is 5.91 Å². The number of hydrogen-bond acceptors (Lipinski definition) is 3. The van der Waals surface area contributed by atoms with Crippen LogP contribution in [0.1, 0.15) is 37.0 Å². The molecular formula is C23H29BrN2O3. The normalized spacial score (nSPS) is 11.6. The quantitative estimate of drug-likeness (QED) is 0.603. The molecule has 0 spiro atoms. The number of rotatable bonds is 9. The van der Waals surface area contributed by atoms with Gasteiger partial charge in [0.1, 0.15) is 11.8 Å². The standard InChI is InChI=1S/C23H29BrN2O3/c1-5-11-25-23(28)18(4)26(14-19-9-7-6-8-10-19)21(27)15-29-20-12-16(2)22(24)17(3)13-20/h6-10,12-13,18H,5,11,14-15H2,1-4H3,(H,25,28)/t18-/m0/s1. The van der Waals surface area contributed by atoms with Crippen LogP contribution in [0.15, 0.2) is 46.9 Å². The molecular weight excluding hydrogens is 432 g/mol. The Balaban J connectivity index is 2.13.